The predicted octanol–water partition coefficient (Wildman–Crippen LogP) is -0.265. The number of hydrogen-bond donors (Lipinski definition) is 2. The van der Waals surface area contributed by atoms with E-state index in [-0.39, 0.29) is 11.9 Å². The first-order valence-electron chi connectivity index (χ1n) is 3.89. The van der Waals surface area contributed by atoms with Gasteiger partial charge >= 0.3 is 0 Å². The first-order valence-corrected chi connectivity index (χ1v) is 3.89. The summed E-state index contributed by atoms with van der Waals surface area (Å²) in [5.74, 6) is 0.587. The zero-order chi connectivity index (χ0) is 10.1. The Hall–Kier alpha value is -1.80. The quantitative estimate of drug-likeness (QED) is 0.637. The molecule has 1 aliphatic rings. The lowest BCUT2D eigenvalue weighted by Gasteiger charge is -2.33. The number of amides is 1. The first-order chi connectivity index (χ1) is 6.74. The number of hydroxylamine groups is 1. The van der Waals surface area contributed by atoms with E-state index in [4.69, 9.17) is 4.84 Å². The summed E-state index contributed by atoms with van der Waals surface area (Å²) in [6.45, 7) is 0. The summed E-state index contributed by atoms with van der Waals surface area (Å²) in [6, 6.07) is -0.270. The van der Waals surface area contributed by atoms with Crippen molar-refractivity contribution < 1.29 is 9.63 Å². The molecule has 2 N–H and O–H groups in total. The maximum Gasteiger partial charge on any atom is 0.260 e. The monoisotopic (exact) mass is 197 g/mol. The molecule has 0 aromatic carbocycles. The van der Waals surface area contributed by atoms with Gasteiger partial charge in [0.1, 0.15) is 0 Å². The molecule has 1 aliphatic heterocycles. The summed E-state index contributed by atoms with van der Waals surface area (Å²) < 4.78 is 1.28. The van der Waals surface area contributed by atoms with Crippen molar-refractivity contribution in [2.75, 3.05) is 14.1 Å². The van der Waals surface area contributed by atoms with Crippen molar-refractivity contribution in [2.24, 2.45) is 0 Å². The summed E-state index contributed by atoms with van der Waals surface area (Å²) in [5, 5.41) is 1.23. The number of rotatable bonds is 2. The van der Waals surface area contributed by atoms with E-state index in [9.17, 15) is 4.79 Å². The Bertz CT molecular complexity index is 361. The lowest BCUT2D eigenvalue weighted by atomic mass is 10.6. The molecule has 1 aromatic rings. The Morgan fingerprint density at radius 1 is 1.71 bits per heavy atom. The van der Waals surface area contributed by atoms with Crippen LogP contribution in [0, 0.1) is 0 Å². The fraction of sp³-hybridized carbons (Fsp3) is 0.333. The highest BCUT2D eigenvalue weighted by Crippen LogP contribution is 2.30. The molecule has 0 atom stereocenters. The van der Waals surface area contributed by atoms with Crippen LogP contribution in [0.15, 0.2) is 6.33 Å². The third-order valence-corrected chi connectivity index (χ3v) is 1.71. The molecular formula is C6H9N6O2-. The van der Waals surface area contributed by atoms with Gasteiger partial charge in [0.25, 0.3) is 6.03 Å². The van der Waals surface area contributed by atoms with Gasteiger partial charge in [-0.3, -0.25) is 9.80 Å². The zero-order valence-electron chi connectivity index (χ0n) is 7.68. The Kier molecular flexibility index (Phi) is 1.98. The maximum atomic E-state index is 11.5. The molecular weight excluding hydrogens is 188 g/mol. The van der Waals surface area contributed by atoms with Gasteiger partial charge < -0.3 is 14.8 Å². The van der Waals surface area contributed by atoms with Gasteiger partial charge in [-0.1, -0.05) is 0 Å². The van der Waals surface area contributed by atoms with E-state index < -0.39 is 0 Å². The summed E-state index contributed by atoms with van der Waals surface area (Å²) in [5.41, 5.74) is 8.86. The standard InChI is InChI=1S/C6H9N6O2/c1-7-14-5-4-9-10-11(2)6(13)12(4)3-8-5/h3,7,10H,1-2H3/q-1. The number of carbonyl (C=O) groups excluding carboxylic acids is 1. The Balaban J connectivity index is 2.35. The number of carbonyl (C=O) groups is 1. The largest absolute Gasteiger partial charge is 0.389 e. The Morgan fingerprint density at radius 3 is 3.21 bits per heavy atom. The highest BCUT2D eigenvalue weighted by Gasteiger charge is 2.16. The third-order valence-electron chi connectivity index (χ3n) is 1.71. The van der Waals surface area contributed by atoms with Gasteiger partial charge in [-0.05, 0) is 0 Å². The molecule has 1 aromatic heterocycles. The highest BCUT2D eigenvalue weighted by molar-refractivity contribution is 5.83. The van der Waals surface area contributed by atoms with Crippen LogP contribution in [-0.2, 0) is 0 Å². The predicted molar refractivity (Wildman–Crippen MR) is 46.6 cm³/mol. The number of nitrogens with zero attached hydrogens (tertiary/aromatic N) is 4. The molecule has 76 valence electrons. The summed E-state index contributed by atoms with van der Waals surface area (Å²) in [7, 11) is 3.16. The van der Waals surface area contributed by atoms with Gasteiger partial charge in [-0.15, -0.1) is 0 Å². The van der Waals surface area contributed by atoms with Crippen LogP contribution >= 0.6 is 0 Å². The van der Waals surface area contributed by atoms with Crippen molar-refractivity contribution in [3.63, 3.8) is 0 Å². The minimum atomic E-state index is -0.270. The van der Waals surface area contributed by atoms with Gasteiger partial charge in [-0.2, -0.15) is 5.48 Å². The lowest BCUT2D eigenvalue weighted by Crippen LogP contribution is -2.42. The zero-order valence-corrected chi connectivity index (χ0v) is 7.68. The normalized spacial score (nSPS) is 15.0. The minimum Gasteiger partial charge on any atom is -0.389 e. The summed E-state index contributed by atoms with van der Waals surface area (Å²) in [4.78, 5) is 20.3. The second kappa shape index (κ2) is 3.16. The van der Waals surface area contributed by atoms with E-state index in [0.717, 1.165) is 0 Å². The van der Waals surface area contributed by atoms with Crippen molar-refractivity contribution in [1.82, 2.24) is 25.6 Å². The van der Waals surface area contributed by atoms with Crippen LogP contribution in [0.2, 0.25) is 0 Å². The molecule has 0 fully saturated rings. The summed E-state index contributed by atoms with van der Waals surface area (Å²) >= 11 is 0. The van der Waals surface area contributed by atoms with Crippen molar-refractivity contribution in [3.8, 4) is 5.88 Å². The number of hydrogen-bond acceptors (Lipinski definition) is 5. The molecule has 0 bridgehead atoms. The molecule has 1 amide bonds. The molecule has 8 heteroatoms. The van der Waals surface area contributed by atoms with Crippen LogP contribution in [0.1, 0.15) is 0 Å². The summed E-state index contributed by atoms with van der Waals surface area (Å²) in [6.07, 6.45) is 1.35. The molecule has 14 heavy (non-hydrogen) atoms. The topological polar surface area (TPSA) is 85.5 Å². The van der Waals surface area contributed by atoms with Gasteiger partial charge in [0.2, 0.25) is 5.88 Å². The van der Waals surface area contributed by atoms with Crippen molar-refractivity contribution in [1.29, 1.82) is 0 Å². The average Bonchev–Trinajstić information content (AvgIpc) is 2.57. The van der Waals surface area contributed by atoms with E-state index in [1.54, 1.807) is 14.1 Å². The van der Waals surface area contributed by atoms with Gasteiger partial charge in [0.15, 0.2) is 0 Å². The van der Waals surface area contributed by atoms with E-state index >= 15 is 0 Å². The van der Waals surface area contributed by atoms with Gasteiger partial charge in [0, 0.05) is 26.2 Å². The molecule has 0 unspecified atom stereocenters. The molecule has 0 saturated heterocycles. The van der Waals surface area contributed by atoms with Crippen LogP contribution in [0.3, 0.4) is 0 Å². The molecule has 0 aliphatic carbocycles. The Morgan fingerprint density at radius 2 is 2.50 bits per heavy atom. The third kappa shape index (κ3) is 1.17. The van der Waals surface area contributed by atoms with E-state index in [1.807, 2.05) is 0 Å². The van der Waals surface area contributed by atoms with Crippen molar-refractivity contribution >= 4 is 11.8 Å². The van der Waals surface area contributed by atoms with Crippen LogP contribution < -0.4 is 15.9 Å². The molecule has 0 saturated carbocycles. The van der Waals surface area contributed by atoms with Crippen LogP contribution in [0.4, 0.5) is 10.6 Å². The minimum absolute atomic E-state index is 0.251. The molecule has 0 spiro atoms. The number of aromatic nitrogens is 2. The van der Waals surface area contributed by atoms with E-state index in [0.29, 0.717) is 5.82 Å². The number of imidazole rings is 1. The SMILES string of the molecule is CNOc1ncn2c1[N-]NN(C)C2=O. The molecule has 2 rings (SSSR count). The number of nitrogens with one attached hydrogen (secondary N) is 2. The fourth-order valence-electron chi connectivity index (χ4n) is 1.06. The van der Waals surface area contributed by atoms with Crippen LogP contribution in [0.25, 0.3) is 5.43 Å². The average molecular weight is 197 g/mol. The smallest absolute Gasteiger partial charge is 0.260 e. The van der Waals surface area contributed by atoms with Crippen molar-refractivity contribution in [3.05, 3.63) is 11.8 Å². The highest BCUT2D eigenvalue weighted by atomic mass is 16.7. The van der Waals surface area contributed by atoms with Gasteiger partial charge in [0.05, 0.1) is 0 Å². The molecule has 0 radical (unpaired) electrons. The molecule has 8 nitrogen and oxygen atoms in total. The maximum absolute atomic E-state index is 11.5. The molecule has 2 heterocycles. The first kappa shape index (κ1) is 8.78. The van der Waals surface area contributed by atoms with E-state index in [2.05, 4.69) is 21.4 Å². The Labute approximate surface area is 79.7 Å². The second-order valence-corrected chi connectivity index (χ2v) is 2.60. The van der Waals surface area contributed by atoms with E-state index in [1.165, 1.54) is 15.9 Å². The lowest BCUT2D eigenvalue weighted by molar-refractivity contribution is 0.190. The van der Waals surface area contributed by atoms with Gasteiger partial charge in [-0.25, -0.2) is 10.5 Å². The number of fused-ring (bicyclic) bond motifs is 1. The number of hydrazine groups is 1. The van der Waals surface area contributed by atoms with Crippen LogP contribution in [0.5, 0.6) is 5.88 Å². The second-order valence-electron chi connectivity index (χ2n) is 2.60. The van der Waals surface area contributed by atoms with Crippen LogP contribution in [-0.4, -0.2) is 34.7 Å². The van der Waals surface area contributed by atoms with Crippen molar-refractivity contribution in [2.45, 2.75) is 0 Å². The fourth-order valence-corrected chi connectivity index (χ4v) is 1.06.